The van der Waals surface area contributed by atoms with Gasteiger partial charge in [0, 0.05) is 38.4 Å². The lowest BCUT2D eigenvalue weighted by Crippen LogP contribution is -2.38. The number of carbonyl (C=O) groups is 1. The summed E-state index contributed by atoms with van der Waals surface area (Å²) in [6.07, 6.45) is 2.15. The Labute approximate surface area is 161 Å². The van der Waals surface area contributed by atoms with Gasteiger partial charge in [0.2, 0.25) is 0 Å². The third-order valence-electron chi connectivity index (χ3n) is 5.44. The van der Waals surface area contributed by atoms with Crippen LogP contribution >= 0.6 is 0 Å². The molecule has 1 aliphatic heterocycles. The largest absolute Gasteiger partial charge is 0.381 e. The quantitative estimate of drug-likeness (QED) is 0.848. The highest BCUT2D eigenvalue weighted by atomic mass is 16.5. The van der Waals surface area contributed by atoms with E-state index in [0.717, 1.165) is 61.8 Å². The van der Waals surface area contributed by atoms with E-state index >= 15 is 0 Å². The number of hydrogen-bond acceptors (Lipinski definition) is 4. The summed E-state index contributed by atoms with van der Waals surface area (Å²) >= 11 is 0. The highest BCUT2D eigenvalue weighted by molar-refractivity contribution is 6.05. The number of rotatable bonds is 6. The van der Waals surface area contributed by atoms with Crippen LogP contribution < -0.4 is 5.32 Å². The zero-order valence-corrected chi connectivity index (χ0v) is 16.8. The molecule has 3 rings (SSSR count). The second kappa shape index (κ2) is 8.67. The number of nitrogens with one attached hydrogen (secondary N) is 1. The van der Waals surface area contributed by atoms with E-state index in [2.05, 4.69) is 28.3 Å². The van der Waals surface area contributed by atoms with Gasteiger partial charge in [-0.1, -0.05) is 19.1 Å². The van der Waals surface area contributed by atoms with Gasteiger partial charge in [0.25, 0.3) is 5.91 Å². The minimum absolute atomic E-state index is 0.0924. The summed E-state index contributed by atoms with van der Waals surface area (Å²) in [5, 5.41) is 7.38. The lowest BCUT2D eigenvalue weighted by atomic mass is 10.0. The van der Waals surface area contributed by atoms with Crippen LogP contribution in [-0.4, -0.2) is 46.4 Å². The van der Waals surface area contributed by atoms with Crippen molar-refractivity contribution in [1.82, 2.24) is 14.7 Å². The van der Waals surface area contributed by atoms with E-state index in [-0.39, 0.29) is 5.91 Å². The molecule has 6 nitrogen and oxygen atoms in total. The van der Waals surface area contributed by atoms with Crippen LogP contribution in [0.1, 0.15) is 47.1 Å². The number of ether oxygens (including phenoxy) is 1. The van der Waals surface area contributed by atoms with E-state index in [9.17, 15) is 4.79 Å². The second-order valence-electron chi connectivity index (χ2n) is 7.23. The van der Waals surface area contributed by atoms with Gasteiger partial charge >= 0.3 is 0 Å². The molecular formula is C21H30N4O2. The first kappa shape index (κ1) is 19.6. The fourth-order valence-electron chi connectivity index (χ4n) is 3.74. The SMILES string of the molecule is CCN(Cc1cccc(C(=O)Nc2c(C)nn(C)c2C)c1)C1CCOCC1. The van der Waals surface area contributed by atoms with Gasteiger partial charge in [0.1, 0.15) is 0 Å². The molecule has 1 amide bonds. The first-order chi connectivity index (χ1) is 13.0. The zero-order valence-electron chi connectivity index (χ0n) is 16.8. The number of benzene rings is 1. The first-order valence-electron chi connectivity index (χ1n) is 9.72. The zero-order chi connectivity index (χ0) is 19.4. The Morgan fingerprint density at radius 2 is 2.07 bits per heavy atom. The Morgan fingerprint density at radius 1 is 1.33 bits per heavy atom. The molecule has 1 aromatic heterocycles. The maximum atomic E-state index is 12.8. The topological polar surface area (TPSA) is 59.4 Å². The highest BCUT2D eigenvalue weighted by Crippen LogP contribution is 2.21. The van der Waals surface area contributed by atoms with E-state index in [1.807, 2.05) is 39.1 Å². The summed E-state index contributed by atoms with van der Waals surface area (Å²) in [7, 11) is 1.88. The number of carbonyl (C=O) groups excluding carboxylic acids is 1. The van der Waals surface area contributed by atoms with Gasteiger partial charge in [0.15, 0.2) is 0 Å². The predicted molar refractivity (Wildman–Crippen MR) is 107 cm³/mol. The predicted octanol–water partition coefficient (Wildman–Crippen LogP) is 3.29. The van der Waals surface area contributed by atoms with Gasteiger partial charge in [-0.3, -0.25) is 14.4 Å². The molecule has 146 valence electrons. The molecule has 6 heteroatoms. The van der Waals surface area contributed by atoms with Crippen molar-refractivity contribution < 1.29 is 9.53 Å². The average molecular weight is 370 g/mol. The fraction of sp³-hybridized carbons (Fsp3) is 0.524. The Morgan fingerprint density at radius 3 is 2.70 bits per heavy atom. The van der Waals surface area contributed by atoms with Crippen LogP contribution in [0.25, 0.3) is 0 Å². The molecule has 0 bridgehead atoms. The number of nitrogens with zero attached hydrogens (tertiary/aromatic N) is 3. The molecule has 0 radical (unpaired) electrons. The van der Waals surface area contributed by atoms with Crippen molar-refractivity contribution in [1.29, 1.82) is 0 Å². The molecule has 0 spiro atoms. The minimum atomic E-state index is -0.0924. The number of anilines is 1. The average Bonchev–Trinajstić information content (AvgIpc) is 2.93. The van der Waals surface area contributed by atoms with E-state index in [1.54, 1.807) is 4.68 Å². The van der Waals surface area contributed by atoms with E-state index in [0.29, 0.717) is 11.6 Å². The van der Waals surface area contributed by atoms with Gasteiger partial charge in [0.05, 0.1) is 17.1 Å². The lowest BCUT2D eigenvalue weighted by Gasteiger charge is -2.33. The van der Waals surface area contributed by atoms with Gasteiger partial charge in [-0.2, -0.15) is 5.10 Å². The molecule has 0 atom stereocenters. The second-order valence-corrected chi connectivity index (χ2v) is 7.23. The number of amides is 1. The van der Waals surface area contributed by atoms with Crippen molar-refractivity contribution in [3.8, 4) is 0 Å². The van der Waals surface area contributed by atoms with Gasteiger partial charge in [-0.15, -0.1) is 0 Å². The Kier molecular flexibility index (Phi) is 6.29. The third kappa shape index (κ3) is 4.57. The van der Waals surface area contributed by atoms with Crippen molar-refractivity contribution in [2.75, 3.05) is 25.1 Å². The molecule has 2 heterocycles. The van der Waals surface area contributed by atoms with Crippen molar-refractivity contribution in [2.24, 2.45) is 7.05 Å². The summed E-state index contributed by atoms with van der Waals surface area (Å²) < 4.78 is 7.27. The first-order valence-corrected chi connectivity index (χ1v) is 9.72. The van der Waals surface area contributed by atoms with Crippen molar-refractivity contribution >= 4 is 11.6 Å². The fourth-order valence-corrected chi connectivity index (χ4v) is 3.74. The molecule has 0 aliphatic carbocycles. The molecular weight excluding hydrogens is 340 g/mol. The normalized spacial score (nSPS) is 15.3. The molecule has 1 aromatic carbocycles. The monoisotopic (exact) mass is 370 g/mol. The van der Waals surface area contributed by atoms with Crippen molar-refractivity contribution in [3.05, 3.63) is 46.8 Å². The van der Waals surface area contributed by atoms with E-state index in [1.165, 1.54) is 0 Å². The van der Waals surface area contributed by atoms with Crippen LogP contribution in [0.3, 0.4) is 0 Å². The van der Waals surface area contributed by atoms with E-state index in [4.69, 9.17) is 4.74 Å². The molecule has 0 unspecified atom stereocenters. The number of aromatic nitrogens is 2. The summed E-state index contributed by atoms with van der Waals surface area (Å²) in [5.41, 5.74) is 4.42. The standard InChI is InChI=1S/C21H30N4O2/c1-5-25(19-9-11-27-12-10-19)14-17-7-6-8-18(13-17)21(26)22-20-15(2)23-24(4)16(20)3/h6-8,13,19H,5,9-12,14H2,1-4H3,(H,22,26). The molecule has 27 heavy (non-hydrogen) atoms. The molecule has 1 aliphatic rings. The number of aryl methyl sites for hydroxylation is 2. The summed E-state index contributed by atoms with van der Waals surface area (Å²) in [4.78, 5) is 15.2. The molecule has 1 N–H and O–H groups in total. The summed E-state index contributed by atoms with van der Waals surface area (Å²) in [6, 6.07) is 8.48. The van der Waals surface area contributed by atoms with E-state index < -0.39 is 0 Å². The van der Waals surface area contributed by atoms with Crippen LogP contribution in [0.4, 0.5) is 5.69 Å². The lowest BCUT2D eigenvalue weighted by molar-refractivity contribution is 0.0330. The summed E-state index contributed by atoms with van der Waals surface area (Å²) in [5.74, 6) is -0.0924. The molecule has 1 saturated heterocycles. The van der Waals surface area contributed by atoms with Gasteiger partial charge in [-0.25, -0.2) is 0 Å². The van der Waals surface area contributed by atoms with Crippen LogP contribution in [0.15, 0.2) is 24.3 Å². The van der Waals surface area contributed by atoms with Gasteiger partial charge in [-0.05, 0) is 50.9 Å². The Bertz CT molecular complexity index is 793. The van der Waals surface area contributed by atoms with Crippen LogP contribution in [-0.2, 0) is 18.3 Å². The van der Waals surface area contributed by atoms with Crippen LogP contribution in [0, 0.1) is 13.8 Å². The van der Waals surface area contributed by atoms with Crippen molar-refractivity contribution in [2.45, 2.75) is 46.2 Å². The highest BCUT2D eigenvalue weighted by Gasteiger charge is 2.21. The third-order valence-corrected chi connectivity index (χ3v) is 5.44. The van der Waals surface area contributed by atoms with Crippen LogP contribution in [0.2, 0.25) is 0 Å². The van der Waals surface area contributed by atoms with Crippen molar-refractivity contribution in [3.63, 3.8) is 0 Å². The van der Waals surface area contributed by atoms with Crippen LogP contribution in [0.5, 0.6) is 0 Å². The summed E-state index contributed by atoms with van der Waals surface area (Å²) in [6.45, 7) is 9.59. The Hall–Kier alpha value is -2.18. The molecule has 0 saturated carbocycles. The minimum Gasteiger partial charge on any atom is -0.381 e. The smallest absolute Gasteiger partial charge is 0.255 e. The van der Waals surface area contributed by atoms with Gasteiger partial charge < -0.3 is 10.1 Å². The molecule has 2 aromatic rings. The number of hydrogen-bond donors (Lipinski definition) is 1. The molecule has 1 fully saturated rings. The maximum absolute atomic E-state index is 12.8. The maximum Gasteiger partial charge on any atom is 0.255 e. The Balaban J connectivity index is 1.71.